The molecule has 1 aromatic carbocycles. The van der Waals surface area contributed by atoms with Crippen molar-refractivity contribution in [2.24, 2.45) is 5.73 Å². The molecule has 0 aliphatic carbocycles. The number of carbonyl (C=O) groups excluding carboxylic acids is 2. The van der Waals surface area contributed by atoms with Crippen molar-refractivity contribution in [3.05, 3.63) is 29.8 Å². The van der Waals surface area contributed by atoms with E-state index in [0.29, 0.717) is 17.7 Å². The van der Waals surface area contributed by atoms with Gasteiger partial charge in [0, 0.05) is 37.8 Å². The van der Waals surface area contributed by atoms with E-state index in [9.17, 15) is 9.59 Å². The van der Waals surface area contributed by atoms with Gasteiger partial charge in [-0.1, -0.05) is 0 Å². The van der Waals surface area contributed by atoms with Crippen LogP contribution in [0.1, 0.15) is 36.5 Å². The predicted molar refractivity (Wildman–Crippen MR) is 80.6 cm³/mol. The zero-order chi connectivity index (χ0) is 15.1. The molecule has 0 aliphatic heterocycles. The fourth-order valence-electron chi connectivity index (χ4n) is 1.76. The number of carbonyl (C=O) groups is 2. The molecule has 0 saturated heterocycles. The lowest BCUT2D eigenvalue weighted by Gasteiger charge is -2.11. The lowest BCUT2D eigenvalue weighted by molar-refractivity contribution is -0.116. The van der Waals surface area contributed by atoms with Crippen molar-refractivity contribution in [2.75, 3.05) is 19.4 Å². The summed E-state index contributed by atoms with van der Waals surface area (Å²) in [6.07, 6.45) is 2.07. The van der Waals surface area contributed by atoms with Gasteiger partial charge in [-0.3, -0.25) is 9.59 Å². The Morgan fingerprint density at radius 1 is 1.25 bits per heavy atom. The van der Waals surface area contributed by atoms with Crippen LogP contribution in [0, 0.1) is 0 Å². The summed E-state index contributed by atoms with van der Waals surface area (Å²) in [7, 11) is 3.41. The number of amides is 2. The first kappa shape index (κ1) is 16.2. The van der Waals surface area contributed by atoms with Gasteiger partial charge in [-0.2, -0.15) is 0 Å². The van der Waals surface area contributed by atoms with Gasteiger partial charge in [-0.25, -0.2) is 0 Å². The number of nitrogens with zero attached hydrogens (tertiary/aromatic N) is 1. The Balaban J connectivity index is 2.49. The molecule has 0 aliphatic rings. The second kappa shape index (κ2) is 7.65. The van der Waals surface area contributed by atoms with Crippen molar-refractivity contribution < 1.29 is 9.59 Å². The van der Waals surface area contributed by atoms with Gasteiger partial charge in [0.05, 0.1) is 0 Å². The highest BCUT2D eigenvalue weighted by atomic mass is 16.2. The zero-order valence-corrected chi connectivity index (χ0v) is 12.3. The molecule has 1 unspecified atom stereocenters. The van der Waals surface area contributed by atoms with E-state index in [1.54, 1.807) is 38.4 Å². The fourth-order valence-corrected chi connectivity index (χ4v) is 1.76. The average Bonchev–Trinajstić information content (AvgIpc) is 2.38. The van der Waals surface area contributed by atoms with Crippen LogP contribution < -0.4 is 11.1 Å². The Morgan fingerprint density at radius 2 is 1.85 bits per heavy atom. The van der Waals surface area contributed by atoms with Gasteiger partial charge in [-0.05, 0) is 44.0 Å². The smallest absolute Gasteiger partial charge is 0.253 e. The maximum absolute atomic E-state index is 11.7. The zero-order valence-electron chi connectivity index (χ0n) is 12.3. The van der Waals surface area contributed by atoms with Crippen LogP contribution in [-0.4, -0.2) is 36.9 Å². The third kappa shape index (κ3) is 5.40. The number of anilines is 1. The third-order valence-electron chi connectivity index (χ3n) is 2.89. The van der Waals surface area contributed by atoms with Gasteiger partial charge in [0.25, 0.3) is 5.91 Å². The molecular formula is C15H23N3O2. The average molecular weight is 277 g/mol. The van der Waals surface area contributed by atoms with Gasteiger partial charge in [0.2, 0.25) is 5.91 Å². The van der Waals surface area contributed by atoms with Crippen molar-refractivity contribution in [2.45, 2.75) is 32.2 Å². The lowest BCUT2D eigenvalue weighted by Crippen LogP contribution is -2.21. The summed E-state index contributed by atoms with van der Waals surface area (Å²) in [6, 6.07) is 7.01. The largest absolute Gasteiger partial charge is 0.345 e. The highest BCUT2D eigenvalue weighted by Gasteiger charge is 2.08. The molecule has 0 saturated carbocycles. The molecule has 5 nitrogen and oxygen atoms in total. The standard InChI is InChI=1S/C15H23N3O2/c1-11(16)5-4-6-14(19)17-13-9-7-12(8-10-13)15(20)18(2)3/h7-11H,4-6,16H2,1-3H3,(H,17,19). The highest BCUT2D eigenvalue weighted by Crippen LogP contribution is 2.11. The quantitative estimate of drug-likeness (QED) is 0.833. The fraction of sp³-hybridized carbons (Fsp3) is 0.467. The van der Waals surface area contributed by atoms with E-state index in [-0.39, 0.29) is 17.9 Å². The Kier molecular flexibility index (Phi) is 6.18. The second-order valence-electron chi connectivity index (χ2n) is 5.19. The van der Waals surface area contributed by atoms with E-state index in [1.807, 2.05) is 6.92 Å². The van der Waals surface area contributed by atoms with Crippen molar-refractivity contribution in [1.82, 2.24) is 4.90 Å². The summed E-state index contributed by atoms with van der Waals surface area (Å²) in [4.78, 5) is 24.9. The Morgan fingerprint density at radius 3 is 2.35 bits per heavy atom. The molecule has 0 fully saturated rings. The molecule has 3 N–H and O–H groups in total. The van der Waals surface area contributed by atoms with Crippen LogP contribution in [0.15, 0.2) is 24.3 Å². The normalized spacial score (nSPS) is 11.8. The number of rotatable bonds is 6. The molecular weight excluding hydrogens is 254 g/mol. The second-order valence-corrected chi connectivity index (χ2v) is 5.19. The minimum absolute atomic E-state index is 0.0302. The molecule has 110 valence electrons. The Hall–Kier alpha value is -1.88. The summed E-state index contributed by atoms with van der Waals surface area (Å²) in [6.45, 7) is 1.93. The van der Waals surface area contributed by atoms with Gasteiger partial charge in [0.1, 0.15) is 0 Å². The highest BCUT2D eigenvalue weighted by molar-refractivity contribution is 5.95. The predicted octanol–water partition coefficient (Wildman–Crippen LogP) is 1.84. The Labute approximate surface area is 120 Å². The number of hydrogen-bond acceptors (Lipinski definition) is 3. The maximum atomic E-state index is 11.7. The van der Waals surface area contributed by atoms with Crippen LogP contribution in [-0.2, 0) is 4.79 Å². The van der Waals surface area contributed by atoms with Crippen LogP contribution >= 0.6 is 0 Å². The van der Waals surface area contributed by atoms with Gasteiger partial charge in [0.15, 0.2) is 0 Å². The topological polar surface area (TPSA) is 75.4 Å². The molecule has 20 heavy (non-hydrogen) atoms. The molecule has 0 bridgehead atoms. The molecule has 1 atom stereocenters. The monoisotopic (exact) mass is 277 g/mol. The minimum Gasteiger partial charge on any atom is -0.345 e. The third-order valence-corrected chi connectivity index (χ3v) is 2.89. The van der Waals surface area contributed by atoms with Crippen molar-refractivity contribution in [3.63, 3.8) is 0 Å². The molecule has 1 aromatic rings. The van der Waals surface area contributed by atoms with Crippen molar-refractivity contribution in [1.29, 1.82) is 0 Å². The number of hydrogen-bond donors (Lipinski definition) is 2. The summed E-state index contributed by atoms with van der Waals surface area (Å²) in [5.74, 6) is -0.0860. The van der Waals surface area contributed by atoms with E-state index in [4.69, 9.17) is 5.73 Å². The van der Waals surface area contributed by atoms with Crippen molar-refractivity contribution in [3.8, 4) is 0 Å². The van der Waals surface area contributed by atoms with Crippen LogP contribution in [0.3, 0.4) is 0 Å². The first-order valence-corrected chi connectivity index (χ1v) is 6.77. The summed E-state index contributed by atoms with van der Waals surface area (Å²) in [5.41, 5.74) is 6.93. The van der Waals surface area contributed by atoms with E-state index in [1.165, 1.54) is 4.90 Å². The molecule has 0 heterocycles. The molecule has 1 rings (SSSR count). The summed E-state index contributed by atoms with van der Waals surface area (Å²) >= 11 is 0. The van der Waals surface area contributed by atoms with E-state index in [0.717, 1.165) is 12.8 Å². The maximum Gasteiger partial charge on any atom is 0.253 e. The van der Waals surface area contributed by atoms with Crippen LogP contribution in [0.4, 0.5) is 5.69 Å². The van der Waals surface area contributed by atoms with Crippen LogP contribution in [0.2, 0.25) is 0 Å². The number of nitrogens with two attached hydrogens (primary N) is 1. The van der Waals surface area contributed by atoms with E-state index in [2.05, 4.69) is 5.32 Å². The lowest BCUT2D eigenvalue weighted by atomic mass is 10.1. The van der Waals surface area contributed by atoms with E-state index < -0.39 is 0 Å². The molecule has 5 heteroatoms. The number of nitrogens with one attached hydrogen (secondary N) is 1. The molecule has 0 spiro atoms. The summed E-state index contributed by atoms with van der Waals surface area (Å²) < 4.78 is 0. The van der Waals surface area contributed by atoms with Crippen LogP contribution in [0.25, 0.3) is 0 Å². The van der Waals surface area contributed by atoms with Crippen LogP contribution in [0.5, 0.6) is 0 Å². The van der Waals surface area contributed by atoms with Gasteiger partial charge in [-0.15, -0.1) is 0 Å². The first-order valence-electron chi connectivity index (χ1n) is 6.77. The first-order chi connectivity index (χ1) is 9.40. The van der Waals surface area contributed by atoms with Crippen molar-refractivity contribution >= 4 is 17.5 Å². The number of benzene rings is 1. The van der Waals surface area contributed by atoms with E-state index >= 15 is 0 Å². The minimum atomic E-state index is -0.0557. The van der Waals surface area contributed by atoms with Gasteiger partial charge >= 0.3 is 0 Å². The molecule has 0 radical (unpaired) electrons. The SMILES string of the molecule is CC(N)CCCC(=O)Nc1ccc(C(=O)N(C)C)cc1. The summed E-state index contributed by atoms with van der Waals surface area (Å²) in [5, 5.41) is 2.81. The Bertz CT molecular complexity index is 453. The molecule has 0 aromatic heterocycles. The van der Waals surface area contributed by atoms with Gasteiger partial charge < -0.3 is 16.0 Å². The molecule has 2 amide bonds.